The molecule has 186 valence electrons. The highest BCUT2D eigenvalue weighted by atomic mass is 16.6. The van der Waals surface area contributed by atoms with Crippen LogP contribution in [0.1, 0.15) is 37.2 Å². The summed E-state index contributed by atoms with van der Waals surface area (Å²) in [5.74, 6) is 1.97. The van der Waals surface area contributed by atoms with Crippen molar-refractivity contribution in [3.8, 4) is 11.5 Å². The molecule has 1 aliphatic carbocycles. The molecule has 0 aromatic heterocycles. The Morgan fingerprint density at radius 3 is 2.54 bits per heavy atom. The maximum absolute atomic E-state index is 12.5. The van der Waals surface area contributed by atoms with E-state index in [2.05, 4.69) is 16.0 Å². The molecule has 2 aromatic rings. The van der Waals surface area contributed by atoms with Gasteiger partial charge in [-0.15, -0.1) is 0 Å². The van der Waals surface area contributed by atoms with Gasteiger partial charge in [0.05, 0.1) is 26.2 Å². The third kappa shape index (κ3) is 5.52. The molecule has 1 saturated carbocycles. The first-order valence-electron chi connectivity index (χ1n) is 12.1. The molecule has 3 aliphatic rings. The molecule has 0 bridgehead atoms. The maximum atomic E-state index is 12.5. The van der Waals surface area contributed by atoms with E-state index in [9.17, 15) is 14.7 Å². The summed E-state index contributed by atoms with van der Waals surface area (Å²) >= 11 is 0. The number of carbonyl (C=O) groups is 2. The van der Waals surface area contributed by atoms with Crippen molar-refractivity contribution in [2.24, 2.45) is 5.92 Å². The number of aliphatic hydroxyl groups is 1. The number of anilines is 2. The van der Waals surface area contributed by atoms with Crippen molar-refractivity contribution in [1.29, 1.82) is 0 Å². The molecule has 2 aliphatic heterocycles. The van der Waals surface area contributed by atoms with Gasteiger partial charge < -0.3 is 35.3 Å². The van der Waals surface area contributed by atoms with Gasteiger partial charge >= 0.3 is 6.03 Å². The van der Waals surface area contributed by atoms with Gasteiger partial charge in [0.25, 0.3) is 0 Å². The fourth-order valence-electron chi connectivity index (χ4n) is 4.79. The van der Waals surface area contributed by atoms with Crippen molar-refractivity contribution < 1.29 is 28.9 Å². The molecule has 5 rings (SSSR count). The Hall–Kier alpha value is -3.30. The van der Waals surface area contributed by atoms with Gasteiger partial charge in [0, 0.05) is 29.4 Å². The predicted octanol–water partition coefficient (Wildman–Crippen LogP) is 3.25. The highest BCUT2D eigenvalue weighted by molar-refractivity contribution is 5.99. The fraction of sp³-hybridized carbons (Fsp3) is 0.462. The van der Waals surface area contributed by atoms with Gasteiger partial charge in [-0.1, -0.05) is 0 Å². The van der Waals surface area contributed by atoms with Gasteiger partial charge in [0.15, 0.2) is 0 Å². The lowest BCUT2D eigenvalue weighted by molar-refractivity contribution is -0.142. The van der Waals surface area contributed by atoms with E-state index in [-0.39, 0.29) is 43.1 Å². The van der Waals surface area contributed by atoms with Crippen molar-refractivity contribution >= 4 is 23.3 Å². The topological polar surface area (TPSA) is 118 Å². The number of aliphatic hydroxyl groups excluding tert-OH is 1. The number of nitrogens with one attached hydrogen (secondary N) is 3. The van der Waals surface area contributed by atoms with Crippen LogP contribution in [-0.4, -0.2) is 55.6 Å². The number of amides is 3. The minimum absolute atomic E-state index is 0.0261. The summed E-state index contributed by atoms with van der Waals surface area (Å²) < 4.78 is 17.3. The number of fused-ring (bicyclic) bond motifs is 3. The van der Waals surface area contributed by atoms with Crippen LogP contribution in [0, 0.1) is 5.92 Å². The van der Waals surface area contributed by atoms with Crippen molar-refractivity contribution in [2.75, 3.05) is 30.9 Å². The summed E-state index contributed by atoms with van der Waals surface area (Å²) in [5, 5.41) is 18.6. The number of urea groups is 1. The van der Waals surface area contributed by atoms with Crippen molar-refractivity contribution in [3.05, 3.63) is 48.0 Å². The van der Waals surface area contributed by atoms with E-state index in [1.165, 1.54) is 12.8 Å². The van der Waals surface area contributed by atoms with Crippen molar-refractivity contribution in [3.63, 3.8) is 0 Å². The molecule has 2 heterocycles. The highest BCUT2D eigenvalue weighted by Gasteiger charge is 2.46. The Bertz CT molecular complexity index is 1070. The van der Waals surface area contributed by atoms with E-state index in [1.807, 2.05) is 12.1 Å². The Labute approximate surface area is 204 Å². The Morgan fingerprint density at radius 1 is 1.09 bits per heavy atom. The molecule has 1 saturated heterocycles. The number of ether oxygens (including phenoxy) is 3. The molecule has 9 heteroatoms. The van der Waals surface area contributed by atoms with Crippen LogP contribution >= 0.6 is 0 Å². The van der Waals surface area contributed by atoms with Gasteiger partial charge in [0.2, 0.25) is 5.91 Å². The van der Waals surface area contributed by atoms with E-state index in [0.29, 0.717) is 35.2 Å². The lowest BCUT2D eigenvalue weighted by Crippen LogP contribution is -2.47. The maximum Gasteiger partial charge on any atom is 0.323 e. The molecule has 2 aromatic carbocycles. The van der Waals surface area contributed by atoms with Gasteiger partial charge in [-0.25, -0.2) is 4.79 Å². The fourth-order valence-corrected chi connectivity index (χ4v) is 4.79. The van der Waals surface area contributed by atoms with E-state index >= 15 is 0 Å². The minimum atomic E-state index is -0.517. The standard InChI is InChI=1S/C26H31N3O6/c1-33-18-7-4-16(5-8-18)28-26(32)29-17-6-9-22-20(10-17)21-11-19(34-23(14-30)25(21)35-22)12-24(31)27-13-15-2-3-15/h4-10,15,19,21,23,25,30H,2-3,11-14H2,1H3,(H,27,31)(H2,28,29,32)/t19-,21-,23+,25+/m0/s1. The second-order valence-electron chi connectivity index (χ2n) is 9.42. The molecule has 4 atom stereocenters. The summed E-state index contributed by atoms with van der Waals surface area (Å²) in [4.78, 5) is 24.9. The Balaban J connectivity index is 1.24. The van der Waals surface area contributed by atoms with Crippen LogP contribution in [0.25, 0.3) is 0 Å². The number of hydrogen-bond donors (Lipinski definition) is 4. The molecular formula is C26H31N3O6. The van der Waals surface area contributed by atoms with Crippen LogP contribution in [0.5, 0.6) is 11.5 Å². The van der Waals surface area contributed by atoms with Crippen LogP contribution < -0.4 is 25.4 Å². The second-order valence-corrected chi connectivity index (χ2v) is 9.42. The summed E-state index contributed by atoms with van der Waals surface area (Å²) in [7, 11) is 1.59. The monoisotopic (exact) mass is 481 g/mol. The first-order chi connectivity index (χ1) is 17.0. The van der Waals surface area contributed by atoms with Crippen LogP contribution in [-0.2, 0) is 9.53 Å². The number of hydrogen-bond acceptors (Lipinski definition) is 6. The van der Waals surface area contributed by atoms with Crippen LogP contribution in [0.15, 0.2) is 42.5 Å². The molecule has 0 spiro atoms. The zero-order valence-corrected chi connectivity index (χ0v) is 19.7. The average molecular weight is 482 g/mol. The molecule has 9 nitrogen and oxygen atoms in total. The number of methoxy groups -OCH3 is 1. The van der Waals surface area contributed by atoms with E-state index in [1.54, 1.807) is 37.4 Å². The zero-order valence-electron chi connectivity index (χ0n) is 19.7. The first-order valence-corrected chi connectivity index (χ1v) is 12.1. The van der Waals surface area contributed by atoms with E-state index in [4.69, 9.17) is 14.2 Å². The predicted molar refractivity (Wildman–Crippen MR) is 130 cm³/mol. The number of carbonyl (C=O) groups excluding carboxylic acids is 2. The van der Waals surface area contributed by atoms with Crippen molar-refractivity contribution in [2.45, 2.75) is 49.9 Å². The smallest absolute Gasteiger partial charge is 0.323 e. The Kier molecular flexibility index (Phi) is 6.79. The molecule has 2 fully saturated rings. The van der Waals surface area contributed by atoms with Crippen molar-refractivity contribution in [1.82, 2.24) is 5.32 Å². The lowest BCUT2D eigenvalue weighted by Gasteiger charge is -2.37. The minimum Gasteiger partial charge on any atom is -0.497 e. The third-order valence-corrected chi connectivity index (χ3v) is 6.80. The third-order valence-electron chi connectivity index (χ3n) is 6.80. The molecule has 0 unspecified atom stereocenters. The molecule has 3 amide bonds. The van der Waals surface area contributed by atoms with Crippen LogP contribution in [0.3, 0.4) is 0 Å². The number of rotatable bonds is 8. The normalized spacial score (nSPS) is 24.5. The molecule has 0 radical (unpaired) electrons. The summed E-state index contributed by atoms with van der Waals surface area (Å²) in [6, 6.07) is 12.2. The van der Waals surface area contributed by atoms with Gasteiger partial charge in [-0.2, -0.15) is 0 Å². The van der Waals surface area contributed by atoms with E-state index in [0.717, 1.165) is 12.1 Å². The summed E-state index contributed by atoms with van der Waals surface area (Å²) in [6.07, 6.45) is 2.06. The van der Waals surface area contributed by atoms with Gasteiger partial charge in [0.1, 0.15) is 23.7 Å². The molecular weight excluding hydrogens is 450 g/mol. The summed E-state index contributed by atoms with van der Waals surface area (Å²) in [6.45, 7) is 0.533. The SMILES string of the molecule is COc1ccc(NC(=O)Nc2ccc3c(c2)[C@@H]2C[C@@H](CC(=O)NCC4CC4)O[C@H](CO)[C@@H]2O3)cc1. The lowest BCUT2D eigenvalue weighted by atomic mass is 9.84. The van der Waals surface area contributed by atoms with Crippen LogP contribution in [0.4, 0.5) is 16.2 Å². The van der Waals surface area contributed by atoms with Gasteiger partial charge in [-0.3, -0.25) is 4.79 Å². The molecule has 35 heavy (non-hydrogen) atoms. The quantitative estimate of drug-likeness (QED) is 0.460. The van der Waals surface area contributed by atoms with Crippen LogP contribution in [0.2, 0.25) is 0 Å². The second kappa shape index (κ2) is 10.1. The van der Waals surface area contributed by atoms with E-state index < -0.39 is 6.10 Å². The number of benzene rings is 2. The van der Waals surface area contributed by atoms with Gasteiger partial charge in [-0.05, 0) is 67.6 Å². The first kappa shape index (κ1) is 23.4. The highest BCUT2D eigenvalue weighted by Crippen LogP contribution is 2.47. The molecule has 4 N–H and O–H groups in total. The Morgan fingerprint density at radius 2 is 1.83 bits per heavy atom. The zero-order chi connectivity index (χ0) is 24.4. The average Bonchev–Trinajstić information content (AvgIpc) is 3.62. The largest absolute Gasteiger partial charge is 0.497 e. The summed E-state index contributed by atoms with van der Waals surface area (Å²) in [5.41, 5.74) is 2.22.